The Balaban J connectivity index is 2.01. The summed E-state index contributed by atoms with van der Waals surface area (Å²) in [6.45, 7) is 5.21. The largest absolute Gasteiger partial charge is 0.444 e. The predicted octanol–water partition coefficient (Wildman–Crippen LogP) is 1.38. The molecule has 21 heavy (non-hydrogen) atoms. The van der Waals surface area contributed by atoms with Gasteiger partial charge in [-0.2, -0.15) is 0 Å². The average Bonchev–Trinajstić information content (AvgIpc) is 2.67. The molecule has 8 heteroatoms. The lowest BCUT2D eigenvalue weighted by atomic mass is 10.0. The average molecular weight is 293 g/mol. The van der Waals surface area contributed by atoms with Gasteiger partial charge in [-0.15, -0.1) is 0 Å². The van der Waals surface area contributed by atoms with Gasteiger partial charge in [-0.3, -0.25) is 14.9 Å². The number of anilines is 1. The number of rotatable bonds is 2. The number of nitrogens with one attached hydrogen (secondary N) is 1. The fourth-order valence-corrected chi connectivity index (χ4v) is 1.71. The van der Waals surface area contributed by atoms with Crippen LogP contribution >= 0.6 is 0 Å². The van der Waals surface area contributed by atoms with E-state index in [0.717, 1.165) is 0 Å². The molecule has 1 N–H and O–H groups in total. The molecule has 0 saturated carbocycles. The molecule has 1 amide bonds. The van der Waals surface area contributed by atoms with Gasteiger partial charge in [-0.1, -0.05) is 0 Å². The van der Waals surface area contributed by atoms with Gasteiger partial charge in [0.25, 0.3) is 0 Å². The van der Waals surface area contributed by atoms with E-state index >= 15 is 0 Å². The van der Waals surface area contributed by atoms with E-state index in [0.29, 0.717) is 5.56 Å². The molecule has 1 aromatic rings. The molecule has 1 fully saturated rings. The molecule has 1 saturated heterocycles. The number of nitrogens with zero attached hydrogens (tertiary/aromatic N) is 2. The van der Waals surface area contributed by atoms with Crippen LogP contribution < -0.4 is 5.32 Å². The lowest BCUT2D eigenvalue weighted by Crippen LogP contribution is -2.27. The highest BCUT2D eigenvalue weighted by Crippen LogP contribution is 2.26. The van der Waals surface area contributed by atoms with Crippen molar-refractivity contribution in [3.05, 3.63) is 18.0 Å². The van der Waals surface area contributed by atoms with Crippen LogP contribution in [0.15, 0.2) is 12.4 Å². The maximum Gasteiger partial charge on any atom is 0.414 e. The van der Waals surface area contributed by atoms with E-state index in [4.69, 9.17) is 4.74 Å². The minimum absolute atomic E-state index is 0.0268. The Morgan fingerprint density at radius 1 is 1.33 bits per heavy atom. The molecule has 0 aliphatic carbocycles. The number of carbonyl (C=O) groups is 3. The molecule has 1 atom stereocenters. The molecule has 0 radical (unpaired) electrons. The molecule has 0 spiro atoms. The highest BCUT2D eigenvalue weighted by Gasteiger charge is 2.35. The summed E-state index contributed by atoms with van der Waals surface area (Å²) < 4.78 is 9.51. The molecule has 1 aliphatic rings. The Morgan fingerprint density at radius 3 is 2.43 bits per heavy atom. The first-order valence-electron chi connectivity index (χ1n) is 6.31. The van der Waals surface area contributed by atoms with Crippen molar-refractivity contribution < 1.29 is 23.9 Å². The first-order valence-corrected chi connectivity index (χ1v) is 6.31. The standard InChI is InChI=1S/C13H15N3O5/c1-13(2,3)21-12(19)16-11-14-5-7(6-15-11)8-4-9(17)20-10(8)18/h5-6,8H,4H2,1-3H3,(H,14,15,16,19). The Hall–Kier alpha value is -2.51. The smallest absolute Gasteiger partial charge is 0.414 e. The molecule has 1 unspecified atom stereocenters. The fraction of sp³-hybridized carbons (Fsp3) is 0.462. The molecule has 2 rings (SSSR count). The van der Waals surface area contributed by atoms with Crippen molar-refractivity contribution in [2.75, 3.05) is 5.32 Å². The van der Waals surface area contributed by atoms with Crippen LogP contribution in [0.25, 0.3) is 0 Å². The normalized spacial score (nSPS) is 18.3. The summed E-state index contributed by atoms with van der Waals surface area (Å²) in [5.74, 6) is -1.82. The van der Waals surface area contributed by atoms with Crippen LogP contribution in [-0.2, 0) is 19.1 Å². The molecule has 0 aromatic carbocycles. The minimum Gasteiger partial charge on any atom is -0.444 e. The molecular weight excluding hydrogens is 278 g/mol. The van der Waals surface area contributed by atoms with Gasteiger partial charge in [-0.05, 0) is 20.8 Å². The second-order valence-corrected chi connectivity index (χ2v) is 5.52. The number of amides is 1. The summed E-state index contributed by atoms with van der Waals surface area (Å²) in [6.07, 6.45) is 2.03. The van der Waals surface area contributed by atoms with E-state index < -0.39 is 29.6 Å². The van der Waals surface area contributed by atoms with Gasteiger partial charge >= 0.3 is 18.0 Å². The molecule has 8 nitrogen and oxygen atoms in total. The molecule has 112 valence electrons. The van der Waals surface area contributed by atoms with E-state index in [-0.39, 0.29) is 12.4 Å². The minimum atomic E-state index is -0.687. The van der Waals surface area contributed by atoms with E-state index in [1.807, 2.05) is 0 Å². The number of carbonyl (C=O) groups excluding carboxylic acids is 3. The van der Waals surface area contributed by atoms with E-state index in [9.17, 15) is 14.4 Å². The van der Waals surface area contributed by atoms with Crippen LogP contribution in [0.2, 0.25) is 0 Å². The molecule has 2 heterocycles. The lowest BCUT2D eigenvalue weighted by molar-refractivity contribution is -0.152. The summed E-state index contributed by atoms with van der Waals surface area (Å²) in [4.78, 5) is 41.8. The van der Waals surface area contributed by atoms with Crippen LogP contribution in [0.3, 0.4) is 0 Å². The van der Waals surface area contributed by atoms with Crippen LogP contribution in [0.1, 0.15) is 38.7 Å². The first-order chi connectivity index (χ1) is 9.74. The van der Waals surface area contributed by atoms with Crippen molar-refractivity contribution in [3.8, 4) is 0 Å². The van der Waals surface area contributed by atoms with Crippen molar-refractivity contribution in [2.24, 2.45) is 0 Å². The van der Waals surface area contributed by atoms with Gasteiger partial charge in [0, 0.05) is 18.0 Å². The quantitative estimate of drug-likeness (QED) is 0.648. The van der Waals surface area contributed by atoms with Crippen molar-refractivity contribution in [2.45, 2.75) is 38.7 Å². The maximum atomic E-state index is 11.5. The summed E-state index contributed by atoms with van der Waals surface area (Å²) in [5, 5.41) is 2.37. The second kappa shape index (κ2) is 5.47. The Labute approximate surface area is 120 Å². The van der Waals surface area contributed by atoms with Crippen LogP contribution in [0.5, 0.6) is 0 Å². The van der Waals surface area contributed by atoms with Gasteiger partial charge in [0.1, 0.15) is 5.60 Å². The van der Waals surface area contributed by atoms with Gasteiger partial charge in [0.15, 0.2) is 0 Å². The topological polar surface area (TPSA) is 107 Å². The van der Waals surface area contributed by atoms with Crippen molar-refractivity contribution in [3.63, 3.8) is 0 Å². The Morgan fingerprint density at radius 2 is 1.95 bits per heavy atom. The lowest BCUT2D eigenvalue weighted by Gasteiger charge is -2.19. The summed E-state index contributed by atoms with van der Waals surface area (Å²) in [7, 11) is 0. The SMILES string of the molecule is CC(C)(C)OC(=O)Nc1ncc(C2CC(=O)OC2=O)cn1. The van der Waals surface area contributed by atoms with Crippen molar-refractivity contribution >= 4 is 24.0 Å². The number of cyclic esters (lactones) is 2. The monoisotopic (exact) mass is 293 g/mol. The Bertz CT molecular complexity index is 576. The molecule has 1 aromatic heterocycles. The number of hydrogen-bond acceptors (Lipinski definition) is 7. The van der Waals surface area contributed by atoms with Gasteiger partial charge in [0.2, 0.25) is 5.95 Å². The summed E-state index contributed by atoms with van der Waals surface area (Å²) in [6, 6.07) is 0. The number of ether oxygens (including phenoxy) is 2. The van der Waals surface area contributed by atoms with Crippen molar-refractivity contribution in [1.29, 1.82) is 0 Å². The fourth-order valence-electron chi connectivity index (χ4n) is 1.71. The second-order valence-electron chi connectivity index (χ2n) is 5.52. The third-order valence-electron chi connectivity index (χ3n) is 2.56. The third-order valence-corrected chi connectivity index (χ3v) is 2.56. The van der Waals surface area contributed by atoms with Gasteiger partial charge in [0.05, 0.1) is 12.3 Å². The summed E-state index contributed by atoms with van der Waals surface area (Å²) in [5.41, 5.74) is -0.168. The van der Waals surface area contributed by atoms with Gasteiger partial charge < -0.3 is 9.47 Å². The zero-order valence-electron chi connectivity index (χ0n) is 11.9. The van der Waals surface area contributed by atoms with Crippen LogP contribution in [0.4, 0.5) is 10.7 Å². The van der Waals surface area contributed by atoms with E-state index in [1.54, 1.807) is 20.8 Å². The van der Waals surface area contributed by atoms with E-state index in [2.05, 4.69) is 20.0 Å². The third kappa shape index (κ3) is 3.98. The summed E-state index contributed by atoms with van der Waals surface area (Å²) >= 11 is 0. The van der Waals surface area contributed by atoms with Crippen molar-refractivity contribution in [1.82, 2.24) is 9.97 Å². The number of aromatic nitrogens is 2. The first kappa shape index (κ1) is 14.9. The molecular formula is C13H15N3O5. The zero-order valence-corrected chi connectivity index (χ0v) is 11.9. The van der Waals surface area contributed by atoms with E-state index in [1.165, 1.54) is 12.4 Å². The molecule has 0 bridgehead atoms. The van der Waals surface area contributed by atoms with Crippen LogP contribution in [-0.4, -0.2) is 33.6 Å². The zero-order chi connectivity index (χ0) is 15.6. The van der Waals surface area contributed by atoms with Gasteiger partial charge in [-0.25, -0.2) is 14.8 Å². The number of esters is 2. The maximum absolute atomic E-state index is 11.5. The predicted molar refractivity (Wildman–Crippen MR) is 70.3 cm³/mol. The van der Waals surface area contributed by atoms with Crippen LogP contribution in [0, 0.1) is 0 Å². The Kier molecular flexibility index (Phi) is 3.88. The highest BCUT2D eigenvalue weighted by atomic mass is 16.6. The number of hydrogen-bond donors (Lipinski definition) is 1. The highest BCUT2D eigenvalue weighted by molar-refractivity contribution is 5.97. The molecule has 1 aliphatic heterocycles.